The first-order valence-corrected chi connectivity index (χ1v) is 9.86. The Morgan fingerprint density at radius 3 is 2.74 bits per heavy atom. The van der Waals surface area contributed by atoms with Crippen molar-refractivity contribution in [2.75, 3.05) is 26.2 Å². The third kappa shape index (κ3) is 3.90. The van der Waals surface area contributed by atoms with Crippen molar-refractivity contribution in [1.29, 1.82) is 0 Å². The number of likely N-dealkylation sites (tertiary alicyclic amines) is 1. The molecule has 8 heteroatoms. The molecular formula is C19H25ClN4O3. The molecule has 3 heterocycles. The van der Waals surface area contributed by atoms with E-state index in [9.17, 15) is 9.59 Å². The highest BCUT2D eigenvalue weighted by Gasteiger charge is 2.40. The molecule has 0 spiro atoms. The normalized spacial score (nSPS) is 30.9. The van der Waals surface area contributed by atoms with Crippen LogP contribution in [0.1, 0.15) is 30.9 Å². The van der Waals surface area contributed by atoms with Gasteiger partial charge in [0.15, 0.2) is 0 Å². The van der Waals surface area contributed by atoms with E-state index < -0.39 is 12.1 Å². The summed E-state index contributed by atoms with van der Waals surface area (Å²) in [5.41, 5.74) is 6.50. The molecule has 0 aliphatic carbocycles. The zero-order valence-corrected chi connectivity index (χ0v) is 15.9. The van der Waals surface area contributed by atoms with Crippen LogP contribution in [0.5, 0.6) is 0 Å². The molecule has 4 rings (SSSR count). The number of benzene rings is 1. The van der Waals surface area contributed by atoms with Gasteiger partial charge in [-0.1, -0.05) is 23.7 Å². The minimum atomic E-state index is -0.518. The van der Waals surface area contributed by atoms with Crippen LogP contribution in [0.25, 0.3) is 0 Å². The van der Waals surface area contributed by atoms with Gasteiger partial charge in [-0.05, 0) is 37.0 Å². The maximum Gasteiger partial charge on any atom is 0.315 e. The molecule has 146 valence electrons. The Balaban J connectivity index is 1.34. The summed E-state index contributed by atoms with van der Waals surface area (Å²) < 4.78 is 6.05. The smallest absolute Gasteiger partial charge is 0.315 e. The molecule has 3 aliphatic rings. The molecule has 27 heavy (non-hydrogen) atoms. The first kappa shape index (κ1) is 18.5. The summed E-state index contributed by atoms with van der Waals surface area (Å²) in [5, 5.41) is 3.84. The number of carbonyl (C=O) groups is 2. The van der Waals surface area contributed by atoms with Crippen LogP contribution in [0, 0.1) is 0 Å². The third-order valence-electron chi connectivity index (χ3n) is 5.84. The van der Waals surface area contributed by atoms with Gasteiger partial charge in [-0.25, -0.2) is 4.79 Å². The van der Waals surface area contributed by atoms with Crippen molar-refractivity contribution >= 4 is 23.5 Å². The van der Waals surface area contributed by atoms with Crippen molar-refractivity contribution in [2.24, 2.45) is 5.73 Å². The summed E-state index contributed by atoms with van der Waals surface area (Å²) in [6, 6.07) is 7.20. The van der Waals surface area contributed by atoms with Crippen LogP contribution >= 0.6 is 11.6 Å². The van der Waals surface area contributed by atoms with Crippen molar-refractivity contribution in [3.8, 4) is 0 Å². The van der Waals surface area contributed by atoms with Crippen LogP contribution in [0.3, 0.4) is 0 Å². The molecule has 3 saturated heterocycles. The number of urea groups is 1. The summed E-state index contributed by atoms with van der Waals surface area (Å²) >= 11 is 5.97. The lowest BCUT2D eigenvalue weighted by atomic mass is 10.1. The minimum absolute atomic E-state index is 0.0214. The van der Waals surface area contributed by atoms with Gasteiger partial charge in [0, 0.05) is 36.7 Å². The van der Waals surface area contributed by atoms with E-state index in [0.29, 0.717) is 30.6 Å². The Morgan fingerprint density at radius 1 is 1.22 bits per heavy atom. The van der Waals surface area contributed by atoms with E-state index in [1.54, 1.807) is 0 Å². The first-order chi connectivity index (χ1) is 13.0. The molecule has 0 saturated carbocycles. The maximum atomic E-state index is 12.6. The van der Waals surface area contributed by atoms with Gasteiger partial charge in [-0.15, -0.1) is 0 Å². The zero-order valence-electron chi connectivity index (χ0n) is 15.1. The Morgan fingerprint density at radius 2 is 2.00 bits per heavy atom. The minimum Gasteiger partial charge on any atom is -0.371 e. The van der Waals surface area contributed by atoms with Gasteiger partial charge in [0.05, 0.1) is 12.7 Å². The van der Waals surface area contributed by atoms with Crippen LogP contribution in [0.15, 0.2) is 24.3 Å². The van der Waals surface area contributed by atoms with Crippen LogP contribution in [0.4, 0.5) is 4.79 Å². The van der Waals surface area contributed by atoms with Crippen molar-refractivity contribution < 1.29 is 14.3 Å². The van der Waals surface area contributed by atoms with Crippen molar-refractivity contribution in [1.82, 2.24) is 15.1 Å². The molecule has 3 amide bonds. The number of nitrogens with one attached hydrogen (secondary N) is 1. The number of hydrogen-bond acceptors (Lipinski definition) is 4. The van der Waals surface area contributed by atoms with Crippen LogP contribution in [0.2, 0.25) is 5.02 Å². The summed E-state index contributed by atoms with van der Waals surface area (Å²) in [7, 11) is 0. The van der Waals surface area contributed by atoms with Gasteiger partial charge in [-0.3, -0.25) is 9.69 Å². The summed E-state index contributed by atoms with van der Waals surface area (Å²) in [5.74, 6) is -0.0914. The van der Waals surface area contributed by atoms with Crippen molar-refractivity contribution in [2.45, 2.75) is 43.5 Å². The number of halogens is 1. The predicted molar refractivity (Wildman–Crippen MR) is 101 cm³/mol. The van der Waals surface area contributed by atoms with E-state index in [1.165, 1.54) is 4.90 Å². The molecule has 1 aromatic rings. The number of nitrogens with two attached hydrogens (primary N) is 1. The van der Waals surface area contributed by atoms with Gasteiger partial charge < -0.3 is 20.7 Å². The predicted octanol–water partition coefficient (Wildman–Crippen LogP) is 1.51. The van der Waals surface area contributed by atoms with E-state index in [4.69, 9.17) is 22.1 Å². The Labute approximate surface area is 163 Å². The van der Waals surface area contributed by atoms with Gasteiger partial charge in [0.1, 0.15) is 6.04 Å². The molecule has 0 unspecified atom stereocenters. The first-order valence-electron chi connectivity index (χ1n) is 9.49. The second-order valence-electron chi connectivity index (χ2n) is 7.61. The molecule has 0 radical (unpaired) electrons. The van der Waals surface area contributed by atoms with E-state index in [2.05, 4.69) is 10.2 Å². The summed E-state index contributed by atoms with van der Waals surface area (Å²) in [6.07, 6.45) is 2.38. The molecular weight excluding hydrogens is 368 g/mol. The van der Waals surface area contributed by atoms with E-state index in [0.717, 1.165) is 31.5 Å². The topological polar surface area (TPSA) is 87.9 Å². The van der Waals surface area contributed by atoms with Gasteiger partial charge in [0.25, 0.3) is 0 Å². The summed E-state index contributed by atoms with van der Waals surface area (Å²) in [6.45, 7) is 2.81. The number of hydrogen-bond donors (Lipinski definition) is 2. The van der Waals surface area contributed by atoms with E-state index >= 15 is 0 Å². The fraction of sp³-hybridized carbons (Fsp3) is 0.579. The molecule has 0 bridgehead atoms. The highest BCUT2D eigenvalue weighted by atomic mass is 35.5. The van der Waals surface area contributed by atoms with E-state index in [-0.39, 0.29) is 18.1 Å². The largest absolute Gasteiger partial charge is 0.371 e. The summed E-state index contributed by atoms with van der Waals surface area (Å²) in [4.78, 5) is 28.0. The molecule has 1 aromatic carbocycles. The highest BCUT2D eigenvalue weighted by molar-refractivity contribution is 6.30. The van der Waals surface area contributed by atoms with Crippen LogP contribution in [-0.2, 0) is 9.53 Å². The fourth-order valence-electron chi connectivity index (χ4n) is 4.46. The van der Waals surface area contributed by atoms with Crippen molar-refractivity contribution in [3.63, 3.8) is 0 Å². The number of nitrogens with zero attached hydrogens (tertiary/aromatic N) is 2. The SMILES string of the molecule is NC(=O)N1CCC[C@H]1C(=O)N[C@@H]1C[C@H]2CO[C@@H](c3ccc(Cl)cc3)CN2C1. The second-order valence-corrected chi connectivity index (χ2v) is 8.05. The average molecular weight is 393 g/mol. The molecule has 3 N–H and O–H groups in total. The van der Waals surface area contributed by atoms with Gasteiger partial charge >= 0.3 is 6.03 Å². The monoisotopic (exact) mass is 392 g/mol. The quantitative estimate of drug-likeness (QED) is 0.816. The number of rotatable bonds is 3. The third-order valence-corrected chi connectivity index (χ3v) is 6.10. The average Bonchev–Trinajstić information content (AvgIpc) is 3.28. The molecule has 0 aromatic heterocycles. The number of ether oxygens (including phenoxy) is 1. The van der Waals surface area contributed by atoms with Crippen molar-refractivity contribution in [3.05, 3.63) is 34.9 Å². The molecule has 7 nitrogen and oxygen atoms in total. The Bertz CT molecular complexity index is 713. The highest BCUT2D eigenvalue weighted by Crippen LogP contribution is 2.31. The number of primary amides is 1. The Hall–Kier alpha value is -1.83. The zero-order chi connectivity index (χ0) is 19.0. The number of carbonyl (C=O) groups excluding carboxylic acids is 2. The fourth-order valence-corrected chi connectivity index (χ4v) is 4.58. The van der Waals surface area contributed by atoms with Crippen LogP contribution in [-0.4, -0.2) is 66.1 Å². The van der Waals surface area contributed by atoms with Gasteiger partial charge in [0.2, 0.25) is 5.91 Å². The Kier molecular flexibility index (Phi) is 5.25. The van der Waals surface area contributed by atoms with E-state index in [1.807, 2.05) is 24.3 Å². The lowest BCUT2D eigenvalue weighted by molar-refractivity contribution is -0.125. The second kappa shape index (κ2) is 7.66. The number of amides is 3. The molecule has 3 fully saturated rings. The lowest BCUT2D eigenvalue weighted by Gasteiger charge is -2.35. The maximum absolute atomic E-state index is 12.6. The lowest BCUT2D eigenvalue weighted by Crippen LogP contribution is -2.50. The molecule has 4 atom stereocenters. The number of fused-ring (bicyclic) bond motifs is 1. The van der Waals surface area contributed by atoms with Crippen LogP contribution < -0.4 is 11.1 Å². The molecule has 3 aliphatic heterocycles. The van der Waals surface area contributed by atoms with Gasteiger partial charge in [-0.2, -0.15) is 0 Å². The number of morpholine rings is 1. The standard InChI is InChI=1S/C19H25ClN4O3/c20-13-5-3-12(4-6-13)17-10-23-9-14(8-15(23)11-27-17)22-18(25)16-2-1-7-24(16)19(21)26/h3-6,14-17H,1-2,7-11H2,(H2,21,26)(H,22,25)/t14-,15+,16+,17-/m1/s1.